The van der Waals surface area contributed by atoms with E-state index in [1.54, 1.807) is 31.7 Å². The minimum atomic E-state index is -2.59. The molecule has 1 fully saturated rings. The number of pyridine rings is 2. The molecular formula is C38H58F4N6O3. The summed E-state index contributed by atoms with van der Waals surface area (Å²) in [6.07, 6.45) is -1.36. The molecule has 0 aromatic carbocycles. The molecular weight excluding hydrogens is 664 g/mol. The van der Waals surface area contributed by atoms with Gasteiger partial charge in [0.05, 0.1) is 31.1 Å². The molecule has 3 aliphatic heterocycles. The molecule has 0 radical (unpaired) electrons. The van der Waals surface area contributed by atoms with Gasteiger partial charge in [-0.1, -0.05) is 41.5 Å². The fourth-order valence-corrected chi connectivity index (χ4v) is 6.27. The highest BCUT2D eigenvalue weighted by atomic mass is 19.3. The molecule has 13 heteroatoms. The summed E-state index contributed by atoms with van der Waals surface area (Å²) in [5.74, 6) is 0.733. The molecule has 0 bridgehead atoms. The second-order valence-electron chi connectivity index (χ2n) is 11.7. The van der Waals surface area contributed by atoms with Crippen molar-refractivity contribution in [2.45, 2.75) is 127 Å². The second kappa shape index (κ2) is 20.9. The molecule has 0 unspecified atom stereocenters. The Morgan fingerprint density at radius 2 is 1.43 bits per heavy atom. The van der Waals surface area contributed by atoms with Crippen LogP contribution in [-0.4, -0.2) is 64.2 Å². The van der Waals surface area contributed by atoms with Crippen LogP contribution in [0.25, 0.3) is 0 Å². The predicted molar refractivity (Wildman–Crippen MR) is 195 cm³/mol. The van der Waals surface area contributed by atoms with Gasteiger partial charge in [0.2, 0.25) is 0 Å². The van der Waals surface area contributed by atoms with Gasteiger partial charge in [-0.3, -0.25) is 14.6 Å². The molecule has 0 atom stereocenters. The first-order valence-corrected chi connectivity index (χ1v) is 18.3. The van der Waals surface area contributed by atoms with Crippen molar-refractivity contribution in [2.24, 2.45) is 0 Å². The van der Waals surface area contributed by atoms with Crippen LogP contribution in [0.3, 0.4) is 0 Å². The van der Waals surface area contributed by atoms with Gasteiger partial charge in [0.25, 0.3) is 12.9 Å². The van der Waals surface area contributed by atoms with E-state index in [1.807, 2.05) is 53.4 Å². The number of alkyl halides is 4. The number of halogens is 4. The highest BCUT2D eigenvalue weighted by Gasteiger charge is 2.35. The SMILES string of the molecule is CC.CC.CC.COC(=O)N1CCc2c(c(N3CCCc4nc(C)c(C(F)F)cc43)nn2C2CCOCC2)C1.Cc1cc(C(F)F)c(C)nc1C. The Bertz CT molecular complexity index is 1540. The van der Waals surface area contributed by atoms with Crippen LogP contribution in [0.15, 0.2) is 12.1 Å². The number of carbonyl (C=O) groups is 1. The van der Waals surface area contributed by atoms with E-state index < -0.39 is 12.9 Å². The molecule has 9 nitrogen and oxygen atoms in total. The van der Waals surface area contributed by atoms with Crippen molar-refractivity contribution in [3.8, 4) is 0 Å². The number of hydrogen-bond donors (Lipinski definition) is 0. The van der Waals surface area contributed by atoms with E-state index in [2.05, 4.69) is 14.6 Å². The van der Waals surface area contributed by atoms with Crippen LogP contribution in [0.5, 0.6) is 0 Å². The van der Waals surface area contributed by atoms with Crippen molar-refractivity contribution in [1.82, 2.24) is 24.6 Å². The molecule has 0 spiro atoms. The molecule has 6 heterocycles. The Labute approximate surface area is 301 Å². The van der Waals surface area contributed by atoms with E-state index >= 15 is 0 Å². The lowest BCUT2D eigenvalue weighted by Crippen LogP contribution is -2.37. The number of anilines is 2. The van der Waals surface area contributed by atoms with Gasteiger partial charge < -0.3 is 19.3 Å². The van der Waals surface area contributed by atoms with Crippen molar-refractivity contribution >= 4 is 17.6 Å². The molecule has 0 N–H and O–H groups in total. The number of fused-ring (bicyclic) bond motifs is 2. The average Bonchev–Trinajstić information content (AvgIpc) is 3.54. The van der Waals surface area contributed by atoms with Gasteiger partial charge in [-0.2, -0.15) is 5.10 Å². The van der Waals surface area contributed by atoms with Crippen molar-refractivity contribution in [3.05, 3.63) is 62.9 Å². The molecule has 1 amide bonds. The Morgan fingerprint density at radius 3 is 2.02 bits per heavy atom. The van der Waals surface area contributed by atoms with Gasteiger partial charge in [-0.15, -0.1) is 0 Å². The third kappa shape index (κ3) is 10.4. The van der Waals surface area contributed by atoms with Crippen molar-refractivity contribution < 1.29 is 31.8 Å². The molecule has 3 aromatic rings. The van der Waals surface area contributed by atoms with Crippen LogP contribution < -0.4 is 4.90 Å². The lowest BCUT2D eigenvalue weighted by Gasteiger charge is -2.32. The summed E-state index contributed by atoms with van der Waals surface area (Å²) in [6, 6.07) is 3.30. The number of hydrogen-bond acceptors (Lipinski definition) is 7. The second-order valence-corrected chi connectivity index (χ2v) is 11.7. The third-order valence-electron chi connectivity index (χ3n) is 8.85. The number of ether oxygens (including phenoxy) is 2. The summed E-state index contributed by atoms with van der Waals surface area (Å²) in [5.41, 5.74) is 6.00. The lowest BCUT2D eigenvalue weighted by molar-refractivity contribution is 0.0649. The first kappa shape index (κ1) is 43.4. The molecule has 51 heavy (non-hydrogen) atoms. The molecule has 1 saturated heterocycles. The van der Waals surface area contributed by atoms with Gasteiger partial charge in [-0.05, 0) is 71.1 Å². The molecule has 3 aliphatic rings. The number of methoxy groups -OCH3 is 1. The number of nitrogens with zero attached hydrogens (tertiary/aromatic N) is 6. The van der Waals surface area contributed by atoms with Crippen molar-refractivity contribution in [1.29, 1.82) is 0 Å². The van der Waals surface area contributed by atoms with Crippen LogP contribution >= 0.6 is 0 Å². The molecule has 0 aliphatic carbocycles. The minimum Gasteiger partial charge on any atom is -0.453 e. The Balaban J connectivity index is 0.000000420. The van der Waals surface area contributed by atoms with Gasteiger partial charge >= 0.3 is 6.09 Å². The van der Waals surface area contributed by atoms with Gasteiger partial charge in [0.15, 0.2) is 5.82 Å². The normalized spacial score (nSPS) is 15.2. The van der Waals surface area contributed by atoms with E-state index in [9.17, 15) is 22.4 Å². The maximum atomic E-state index is 13.7. The Morgan fingerprint density at radius 1 is 0.843 bits per heavy atom. The number of aromatic nitrogens is 4. The number of carbonyl (C=O) groups excluding carboxylic acids is 1. The van der Waals surface area contributed by atoms with E-state index in [0.29, 0.717) is 56.3 Å². The summed E-state index contributed by atoms with van der Waals surface area (Å²) in [4.78, 5) is 24.5. The summed E-state index contributed by atoms with van der Waals surface area (Å²) >= 11 is 0. The van der Waals surface area contributed by atoms with Crippen LogP contribution in [0.4, 0.5) is 33.9 Å². The zero-order valence-corrected chi connectivity index (χ0v) is 32.4. The topological polar surface area (TPSA) is 85.6 Å². The summed E-state index contributed by atoms with van der Waals surface area (Å²) in [6.45, 7) is 21.8. The number of rotatable bonds is 4. The van der Waals surface area contributed by atoms with Gasteiger partial charge in [0.1, 0.15) is 0 Å². The maximum Gasteiger partial charge on any atom is 0.409 e. The molecule has 286 valence electrons. The van der Waals surface area contributed by atoms with Crippen molar-refractivity contribution in [2.75, 3.05) is 38.3 Å². The monoisotopic (exact) mass is 722 g/mol. The smallest absolute Gasteiger partial charge is 0.409 e. The van der Waals surface area contributed by atoms with E-state index in [-0.39, 0.29) is 23.3 Å². The highest BCUT2D eigenvalue weighted by Crippen LogP contribution is 2.40. The third-order valence-corrected chi connectivity index (χ3v) is 8.85. The quantitative estimate of drug-likeness (QED) is 0.248. The summed E-state index contributed by atoms with van der Waals surface area (Å²) in [5, 5.41) is 5.05. The summed E-state index contributed by atoms with van der Waals surface area (Å²) in [7, 11) is 1.38. The Kier molecular flexibility index (Phi) is 17.8. The zero-order chi connectivity index (χ0) is 38.4. The van der Waals surface area contributed by atoms with Crippen LogP contribution in [0.1, 0.15) is 130 Å². The molecule has 6 rings (SSSR count). The number of amides is 1. The van der Waals surface area contributed by atoms with E-state index in [4.69, 9.17) is 14.6 Å². The van der Waals surface area contributed by atoms with Crippen LogP contribution in [0.2, 0.25) is 0 Å². The lowest BCUT2D eigenvalue weighted by atomic mass is 10.0. The summed E-state index contributed by atoms with van der Waals surface area (Å²) < 4.78 is 64.6. The standard InChI is InChI=1S/C23H29F2N5O3.C9H11F2N.3C2H6/c1-14-16(21(24)25)12-20-18(26-14)4-3-8-29(20)22-17-13-28(23(31)32-2)9-5-19(17)30(27-22)15-6-10-33-11-7-15;1-5-4-8(9(10)11)7(3)12-6(5)2;3*1-2/h12,15,21H,3-11,13H2,1-2H3;4,9H,1-3H3;3*1-2H3. The largest absolute Gasteiger partial charge is 0.453 e. The van der Waals surface area contributed by atoms with Gasteiger partial charge in [-0.25, -0.2) is 22.4 Å². The first-order valence-electron chi connectivity index (χ1n) is 18.3. The highest BCUT2D eigenvalue weighted by molar-refractivity contribution is 5.71. The number of aryl methyl sites for hydroxylation is 5. The fraction of sp³-hybridized carbons (Fsp3) is 0.632. The van der Waals surface area contributed by atoms with Crippen LogP contribution in [-0.2, 0) is 28.9 Å². The maximum absolute atomic E-state index is 13.7. The van der Waals surface area contributed by atoms with E-state index in [0.717, 1.165) is 59.7 Å². The Hall–Kier alpha value is -3.74. The fourth-order valence-electron chi connectivity index (χ4n) is 6.27. The predicted octanol–water partition coefficient (Wildman–Crippen LogP) is 10.1. The first-order chi connectivity index (χ1) is 24.5. The van der Waals surface area contributed by atoms with Crippen LogP contribution in [0, 0.1) is 27.7 Å². The van der Waals surface area contributed by atoms with E-state index in [1.165, 1.54) is 13.2 Å². The molecule has 0 saturated carbocycles. The minimum absolute atomic E-state index is 0.0399. The van der Waals surface area contributed by atoms with Gasteiger partial charge in [0, 0.05) is 72.2 Å². The average molecular weight is 723 g/mol. The zero-order valence-electron chi connectivity index (χ0n) is 32.4. The molecule has 3 aromatic heterocycles. The van der Waals surface area contributed by atoms with Crippen molar-refractivity contribution in [3.63, 3.8) is 0 Å².